The third-order valence-electron chi connectivity index (χ3n) is 4.15. The molecule has 5 nitrogen and oxygen atoms in total. The molecule has 0 amide bonds. The molecule has 124 valence electrons. The Kier molecular flexibility index (Phi) is 3.61. The van der Waals surface area contributed by atoms with Gasteiger partial charge in [-0.3, -0.25) is 0 Å². The van der Waals surface area contributed by atoms with Crippen molar-refractivity contribution >= 4 is 27.6 Å². The van der Waals surface area contributed by atoms with Crippen LogP contribution in [0.15, 0.2) is 73.0 Å². The van der Waals surface area contributed by atoms with E-state index in [4.69, 9.17) is 8.83 Å². The van der Waals surface area contributed by atoms with Gasteiger partial charge >= 0.3 is 11.3 Å². The van der Waals surface area contributed by atoms with E-state index in [2.05, 4.69) is 5.32 Å². The monoisotopic (exact) mass is 333 g/mol. The largest absolute Gasteiger partial charge is 0.423 e. The van der Waals surface area contributed by atoms with Gasteiger partial charge in [-0.1, -0.05) is 18.2 Å². The van der Waals surface area contributed by atoms with Crippen LogP contribution in [0, 0.1) is 6.92 Å². The first-order valence-electron chi connectivity index (χ1n) is 7.90. The second kappa shape index (κ2) is 5.94. The van der Waals surface area contributed by atoms with E-state index in [0.29, 0.717) is 23.3 Å². The van der Waals surface area contributed by atoms with Crippen LogP contribution in [0.25, 0.3) is 21.9 Å². The molecule has 0 saturated heterocycles. The number of hydrogen-bond acceptors (Lipinski definition) is 5. The highest BCUT2D eigenvalue weighted by atomic mass is 16.4. The van der Waals surface area contributed by atoms with Crippen LogP contribution < -0.4 is 16.6 Å². The lowest BCUT2D eigenvalue weighted by atomic mass is 10.1. The molecule has 0 fully saturated rings. The van der Waals surface area contributed by atoms with Crippen molar-refractivity contribution < 1.29 is 8.83 Å². The van der Waals surface area contributed by atoms with E-state index in [1.807, 2.05) is 43.3 Å². The van der Waals surface area contributed by atoms with Crippen molar-refractivity contribution in [1.29, 1.82) is 0 Å². The average Bonchev–Trinajstić information content (AvgIpc) is 2.59. The predicted molar refractivity (Wildman–Crippen MR) is 97.0 cm³/mol. The molecule has 0 bridgehead atoms. The van der Waals surface area contributed by atoms with E-state index in [-0.39, 0.29) is 11.3 Å². The zero-order valence-corrected chi connectivity index (χ0v) is 13.5. The zero-order chi connectivity index (χ0) is 17.4. The Morgan fingerprint density at radius 3 is 2.64 bits per heavy atom. The molecule has 0 atom stereocenters. The van der Waals surface area contributed by atoms with E-state index >= 15 is 0 Å². The van der Waals surface area contributed by atoms with Gasteiger partial charge in [-0.25, -0.2) is 9.59 Å². The predicted octanol–water partition coefficient (Wildman–Crippen LogP) is 3.82. The topological polar surface area (TPSA) is 72.5 Å². The van der Waals surface area contributed by atoms with E-state index in [9.17, 15) is 9.59 Å². The van der Waals surface area contributed by atoms with Gasteiger partial charge in [-0.15, -0.1) is 0 Å². The van der Waals surface area contributed by atoms with Gasteiger partial charge in [0, 0.05) is 35.1 Å². The number of rotatable bonds is 3. The molecule has 0 saturated carbocycles. The Morgan fingerprint density at radius 1 is 0.920 bits per heavy atom. The normalized spacial score (nSPS) is 11.1. The molecule has 4 rings (SSSR count). The second-order valence-electron chi connectivity index (χ2n) is 5.91. The van der Waals surface area contributed by atoms with Crippen LogP contribution in [0.5, 0.6) is 0 Å². The fourth-order valence-corrected chi connectivity index (χ4v) is 2.86. The van der Waals surface area contributed by atoms with Crippen molar-refractivity contribution in [2.75, 3.05) is 5.32 Å². The quantitative estimate of drug-likeness (QED) is 0.577. The smallest absolute Gasteiger partial charge is 0.341 e. The van der Waals surface area contributed by atoms with E-state index in [0.717, 1.165) is 22.0 Å². The number of aryl methyl sites for hydroxylation is 1. The van der Waals surface area contributed by atoms with Crippen LogP contribution >= 0.6 is 0 Å². The van der Waals surface area contributed by atoms with Gasteiger partial charge in [-0.05, 0) is 36.8 Å². The van der Waals surface area contributed by atoms with Crippen LogP contribution in [0.2, 0.25) is 0 Å². The van der Waals surface area contributed by atoms with Gasteiger partial charge in [0.25, 0.3) is 0 Å². The SMILES string of the molecule is Cc1cc(=O)oc2cc(NCc3cc4ccccc4oc3=O)ccc12. The highest BCUT2D eigenvalue weighted by Crippen LogP contribution is 2.21. The van der Waals surface area contributed by atoms with Crippen molar-refractivity contribution in [2.24, 2.45) is 0 Å². The van der Waals surface area contributed by atoms with Crippen LogP contribution in [0.4, 0.5) is 5.69 Å². The summed E-state index contributed by atoms with van der Waals surface area (Å²) in [5.74, 6) is 0. The van der Waals surface area contributed by atoms with E-state index < -0.39 is 0 Å². The molecule has 0 aliphatic heterocycles. The highest BCUT2D eigenvalue weighted by Gasteiger charge is 2.07. The molecule has 0 spiro atoms. The molecule has 0 unspecified atom stereocenters. The van der Waals surface area contributed by atoms with Crippen LogP contribution in [0.3, 0.4) is 0 Å². The zero-order valence-electron chi connectivity index (χ0n) is 13.5. The molecule has 5 heteroatoms. The summed E-state index contributed by atoms with van der Waals surface area (Å²) in [5, 5.41) is 4.93. The molecule has 2 aromatic heterocycles. The summed E-state index contributed by atoms with van der Waals surface area (Å²) in [6.45, 7) is 2.18. The third kappa shape index (κ3) is 2.92. The van der Waals surface area contributed by atoms with Crippen LogP contribution in [-0.4, -0.2) is 0 Å². The maximum atomic E-state index is 12.1. The van der Waals surface area contributed by atoms with Crippen molar-refractivity contribution in [3.63, 3.8) is 0 Å². The molecule has 0 radical (unpaired) electrons. The molecule has 2 heterocycles. The van der Waals surface area contributed by atoms with E-state index in [1.165, 1.54) is 6.07 Å². The minimum Gasteiger partial charge on any atom is -0.423 e. The van der Waals surface area contributed by atoms with Crippen molar-refractivity contribution in [1.82, 2.24) is 0 Å². The third-order valence-corrected chi connectivity index (χ3v) is 4.15. The minimum absolute atomic E-state index is 0.314. The Bertz CT molecular complexity index is 1200. The number of fused-ring (bicyclic) bond motifs is 2. The molecule has 0 aliphatic rings. The van der Waals surface area contributed by atoms with Gasteiger partial charge in [-0.2, -0.15) is 0 Å². The van der Waals surface area contributed by atoms with Crippen molar-refractivity contribution in [3.8, 4) is 0 Å². The molecular weight excluding hydrogens is 318 g/mol. The van der Waals surface area contributed by atoms with Crippen LogP contribution in [-0.2, 0) is 6.54 Å². The molecule has 25 heavy (non-hydrogen) atoms. The van der Waals surface area contributed by atoms with Gasteiger partial charge in [0.15, 0.2) is 0 Å². The summed E-state index contributed by atoms with van der Waals surface area (Å²) in [4.78, 5) is 23.6. The van der Waals surface area contributed by atoms with Crippen molar-refractivity contribution in [3.05, 3.63) is 86.6 Å². The Morgan fingerprint density at radius 2 is 1.76 bits per heavy atom. The molecule has 1 N–H and O–H groups in total. The maximum Gasteiger partial charge on any atom is 0.341 e. The lowest BCUT2D eigenvalue weighted by Gasteiger charge is -2.08. The summed E-state index contributed by atoms with van der Waals surface area (Å²) in [6, 6.07) is 16.2. The maximum absolute atomic E-state index is 12.1. The number of benzene rings is 2. The Labute approximate surface area is 142 Å². The standard InChI is InChI=1S/C20H15NO4/c1-12-8-19(22)24-18-10-15(6-7-16(12)18)21-11-14-9-13-4-2-3-5-17(13)25-20(14)23/h2-10,21H,11H2,1H3. The van der Waals surface area contributed by atoms with Crippen LogP contribution in [0.1, 0.15) is 11.1 Å². The minimum atomic E-state index is -0.377. The first-order chi connectivity index (χ1) is 12.1. The van der Waals surface area contributed by atoms with Crippen molar-refractivity contribution in [2.45, 2.75) is 13.5 Å². The highest BCUT2D eigenvalue weighted by molar-refractivity contribution is 5.83. The number of para-hydroxylation sites is 1. The number of anilines is 1. The molecule has 4 aromatic rings. The lowest BCUT2D eigenvalue weighted by Crippen LogP contribution is -2.11. The lowest BCUT2D eigenvalue weighted by molar-refractivity contribution is 0.552. The first kappa shape index (κ1) is 15.2. The number of hydrogen-bond donors (Lipinski definition) is 1. The van der Waals surface area contributed by atoms with Gasteiger partial charge in [0.05, 0.1) is 5.56 Å². The Balaban J connectivity index is 1.65. The van der Waals surface area contributed by atoms with Gasteiger partial charge in [0.2, 0.25) is 0 Å². The Hall–Kier alpha value is -3.34. The average molecular weight is 333 g/mol. The summed E-state index contributed by atoms with van der Waals surface area (Å²) < 4.78 is 10.6. The second-order valence-corrected chi connectivity index (χ2v) is 5.91. The first-order valence-corrected chi connectivity index (χ1v) is 7.90. The van der Waals surface area contributed by atoms with Gasteiger partial charge in [0.1, 0.15) is 11.2 Å². The van der Waals surface area contributed by atoms with E-state index in [1.54, 1.807) is 12.1 Å². The van der Waals surface area contributed by atoms with Gasteiger partial charge < -0.3 is 14.2 Å². The molecule has 0 aliphatic carbocycles. The summed E-state index contributed by atoms with van der Waals surface area (Å²) in [5.41, 5.74) is 2.50. The fraction of sp³-hybridized carbons (Fsp3) is 0.100. The summed E-state index contributed by atoms with van der Waals surface area (Å²) >= 11 is 0. The number of nitrogens with one attached hydrogen (secondary N) is 1. The summed E-state index contributed by atoms with van der Waals surface area (Å²) in [7, 11) is 0. The molecule has 2 aromatic carbocycles. The fourth-order valence-electron chi connectivity index (χ4n) is 2.86. The molecular formula is C20H15NO4. The summed E-state index contributed by atoms with van der Waals surface area (Å²) in [6.07, 6.45) is 0.